The van der Waals surface area contributed by atoms with Crippen LogP contribution in [0.3, 0.4) is 0 Å². The molecule has 130 valence electrons. The van der Waals surface area contributed by atoms with Gasteiger partial charge >= 0.3 is 0 Å². The van der Waals surface area contributed by atoms with E-state index in [1.807, 2.05) is 0 Å². The zero-order chi connectivity index (χ0) is 16.8. The lowest BCUT2D eigenvalue weighted by Gasteiger charge is -2.08. The molecule has 0 aliphatic rings. The van der Waals surface area contributed by atoms with Gasteiger partial charge in [0.2, 0.25) is 0 Å². The Hall–Kier alpha value is -1.18. The fraction of sp³-hybridized carbons (Fsp3) is 0.562. The summed E-state index contributed by atoms with van der Waals surface area (Å²) in [6.07, 6.45) is 0. The standard InChI is InChI=1S/C16H23ClO6/c1-19-6-7-20-8-9-21-10-11-22-12-13-23-15-4-2-14(3-5-15)16(17)18/h2-5H,6-13H2,1H3. The number of hydrogen-bond acceptors (Lipinski definition) is 6. The van der Waals surface area contributed by atoms with Gasteiger partial charge in [0.25, 0.3) is 5.24 Å². The lowest BCUT2D eigenvalue weighted by molar-refractivity contribution is 0.000164. The Morgan fingerprint density at radius 2 is 1.30 bits per heavy atom. The summed E-state index contributed by atoms with van der Waals surface area (Å²) < 4.78 is 26.3. The van der Waals surface area contributed by atoms with Gasteiger partial charge in [-0.25, -0.2) is 0 Å². The van der Waals surface area contributed by atoms with Gasteiger partial charge < -0.3 is 23.7 Å². The summed E-state index contributed by atoms with van der Waals surface area (Å²) in [5.74, 6) is 0.666. The molecule has 0 heterocycles. The first-order valence-electron chi connectivity index (χ1n) is 7.39. The Kier molecular flexibility index (Phi) is 11.5. The van der Waals surface area contributed by atoms with Crippen LogP contribution in [0.15, 0.2) is 24.3 Å². The predicted octanol–water partition coefficient (Wildman–Crippen LogP) is 2.14. The molecular weight excluding hydrogens is 324 g/mol. The maximum atomic E-state index is 10.9. The quantitative estimate of drug-likeness (QED) is 0.380. The van der Waals surface area contributed by atoms with E-state index in [1.54, 1.807) is 31.4 Å². The third-order valence-electron chi connectivity index (χ3n) is 2.75. The van der Waals surface area contributed by atoms with E-state index in [1.165, 1.54) is 0 Å². The van der Waals surface area contributed by atoms with Gasteiger partial charge in [-0.15, -0.1) is 0 Å². The molecule has 7 heteroatoms. The van der Waals surface area contributed by atoms with Crippen molar-refractivity contribution in [3.63, 3.8) is 0 Å². The number of benzene rings is 1. The van der Waals surface area contributed by atoms with E-state index in [0.29, 0.717) is 64.2 Å². The van der Waals surface area contributed by atoms with E-state index in [0.717, 1.165) is 0 Å². The Morgan fingerprint density at radius 3 is 1.78 bits per heavy atom. The molecule has 0 bridgehead atoms. The zero-order valence-corrected chi connectivity index (χ0v) is 14.0. The van der Waals surface area contributed by atoms with E-state index < -0.39 is 5.24 Å². The highest BCUT2D eigenvalue weighted by Gasteiger charge is 2.01. The maximum absolute atomic E-state index is 10.9. The van der Waals surface area contributed by atoms with Crippen molar-refractivity contribution >= 4 is 16.8 Å². The summed E-state index contributed by atoms with van der Waals surface area (Å²) in [5.41, 5.74) is 0.443. The Balaban J connectivity index is 1.90. The summed E-state index contributed by atoms with van der Waals surface area (Å²) >= 11 is 5.36. The molecule has 0 saturated heterocycles. The van der Waals surface area contributed by atoms with Crippen LogP contribution < -0.4 is 4.74 Å². The van der Waals surface area contributed by atoms with Crippen molar-refractivity contribution < 1.29 is 28.5 Å². The summed E-state index contributed by atoms with van der Waals surface area (Å²) in [6, 6.07) is 6.63. The maximum Gasteiger partial charge on any atom is 0.252 e. The van der Waals surface area contributed by atoms with E-state index in [2.05, 4.69) is 0 Å². The van der Waals surface area contributed by atoms with Crippen LogP contribution in [0.5, 0.6) is 5.75 Å². The molecule has 0 spiro atoms. The molecule has 6 nitrogen and oxygen atoms in total. The van der Waals surface area contributed by atoms with Gasteiger partial charge in [0.1, 0.15) is 12.4 Å². The van der Waals surface area contributed by atoms with Crippen LogP contribution in [-0.4, -0.2) is 65.2 Å². The van der Waals surface area contributed by atoms with Crippen molar-refractivity contribution in [2.24, 2.45) is 0 Å². The molecule has 0 atom stereocenters. The average Bonchev–Trinajstić information content (AvgIpc) is 2.56. The highest BCUT2D eigenvalue weighted by atomic mass is 35.5. The molecule has 0 aliphatic heterocycles. The van der Waals surface area contributed by atoms with Crippen molar-refractivity contribution in [3.8, 4) is 5.75 Å². The molecular formula is C16H23ClO6. The Labute approximate surface area is 141 Å². The molecule has 0 aromatic heterocycles. The normalized spacial score (nSPS) is 10.7. The molecule has 0 N–H and O–H groups in total. The number of hydrogen-bond donors (Lipinski definition) is 0. The van der Waals surface area contributed by atoms with Crippen LogP contribution in [0.1, 0.15) is 10.4 Å². The zero-order valence-electron chi connectivity index (χ0n) is 13.3. The fourth-order valence-corrected chi connectivity index (χ4v) is 1.71. The van der Waals surface area contributed by atoms with Crippen LogP contribution in [0.4, 0.5) is 0 Å². The first kappa shape index (κ1) is 19.9. The third-order valence-corrected chi connectivity index (χ3v) is 2.97. The van der Waals surface area contributed by atoms with Crippen LogP contribution >= 0.6 is 11.6 Å². The molecule has 1 aromatic rings. The molecule has 1 aromatic carbocycles. The van der Waals surface area contributed by atoms with Gasteiger partial charge in [-0.2, -0.15) is 0 Å². The van der Waals surface area contributed by atoms with Crippen LogP contribution in [0.25, 0.3) is 0 Å². The van der Waals surface area contributed by atoms with Crippen molar-refractivity contribution in [3.05, 3.63) is 29.8 Å². The number of carbonyl (C=O) groups is 1. The Bertz CT molecular complexity index is 423. The summed E-state index contributed by atoms with van der Waals surface area (Å²) in [6.45, 7) is 4.16. The van der Waals surface area contributed by atoms with E-state index >= 15 is 0 Å². The molecule has 0 saturated carbocycles. The van der Waals surface area contributed by atoms with E-state index in [4.69, 9.17) is 35.3 Å². The Morgan fingerprint density at radius 1 is 0.826 bits per heavy atom. The molecule has 0 aliphatic carbocycles. The molecule has 23 heavy (non-hydrogen) atoms. The van der Waals surface area contributed by atoms with Crippen molar-refractivity contribution in [1.82, 2.24) is 0 Å². The number of rotatable bonds is 14. The minimum Gasteiger partial charge on any atom is -0.491 e. The van der Waals surface area contributed by atoms with Gasteiger partial charge in [0, 0.05) is 12.7 Å². The number of halogens is 1. The largest absolute Gasteiger partial charge is 0.491 e. The first-order chi connectivity index (χ1) is 11.2. The van der Waals surface area contributed by atoms with Crippen molar-refractivity contribution in [2.75, 3.05) is 60.0 Å². The minimum absolute atomic E-state index is 0.425. The van der Waals surface area contributed by atoms with E-state index in [-0.39, 0.29) is 0 Å². The van der Waals surface area contributed by atoms with Gasteiger partial charge in [0.05, 0.1) is 46.2 Å². The SMILES string of the molecule is COCCOCCOCCOCCOc1ccc(C(=O)Cl)cc1. The highest BCUT2D eigenvalue weighted by molar-refractivity contribution is 6.67. The molecule has 0 amide bonds. The van der Waals surface area contributed by atoms with Crippen molar-refractivity contribution in [1.29, 1.82) is 0 Å². The predicted molar refractivity (Wildman–Crippen MR) is 86.5 cm³/mol. The van der Waals surface area contributed by atoms with Gasteiger partial charge in [0.15, 0.2) is 0 Å². The first-order valence-corrected chi connectivity index (χ1v) is 7.76. The number of methoxy groups -OCH3 is 1. The van der Waals surface area contributed by atoms with Gasteiger partial charge in [-0.05, 0) is 35.9 Å². The third kappa shape index (κ3) is 10.3. The summed E-state index contributed by atoms with van der Waals surface area (Å²) in [5, 5.41) is -0.482. The number of carbonyl (C=O) groups excluding carboxylic acids is 1. The lowest BCUT2D eigenvalue weighted by Crippen LogP contribution is -2.13. The molecule has 0 fully saturated rings. The minimum atomic E-state index is -0.482. The van der Waals surface area contributed by atoms with Crippen LogP contribution in [0.2, 0.25) is 0 Å². The topological polar surface area (TPSA) is 63.2 Å². The molecule has 0 unspecified atom stereocenters. The summed E-state index contributed by atoms with van der Waals surface area (Å²) in [7, 11) is 1.64. The lowest BCUT2D eigenvalue weighted by atomic mass is 10.2. The highest BCUT2D eigenvalue weighted by Crippen LogP contribution is 2.13. The second-order valence-electron chi connectivity index (χ2n) is 4.48. The second-order valence-corrected chi connectivity index (χ2v) is 4.82. The van der Waals surface area contributed by atoms with Gasteiger partial charge in [-0.1, -0.05) is 0 Å². The number of ether oxygens (including phenoxy) is 5. The average molecular weight is 347 g/mol. The molecule has 0 radical (unpaired) electrons. The monoisotopic (exact) mass is 346 g/mol. The van der Waals surface area contributed by atoms with E-state index in [9.17, 15) is 4.79 Å². The van der Waals surface area contributed by atoms with Crippen LogP contribution in [-0.2, 0) is 18.9 Å². The summed E-state index contributed by atoms with van der Waals surface area (Å²) in [4.78, 5) is 10.9. The second kappa shape index (κ2) is 13.3. The smallest absolute Gasteiger partial charge is 0.252 e. The fourth-order valence-electron chi connectivity index (χ4n) is 1.58. The molecule has 1 rings (SSSR count). The van der Waals surface area contributed by atoms with Gasteiger partial charge in [-0.3, -0.25) is 4.79 Å². The van der Waals surface area contributed by atoms with Crippen LogP contribution in [0, 0.1) is 0 Å². The van der Waals surface area contributed by atoms with Crippen molar-refractivity contribution in [2.45, 2.75) is 0 Å².